The molecule has 0 spiro atoms. The van der Waals surface area contributed by atoms with Gasteiger partial charge in [0.15, 0.2) is 0 Å². The molecule has 0 aliphatic rings. The van der Waals surface area contributed by atoms with Gasteiger partial charge in [-0.2, -0.15) is 0 Å². The van der Waals surface area contributed by atoms with E-state index in [1.54, 1.807) is 12.1 Å². The topological polar surface area (TPSA) is 37.8 Å². The molecule has 0 unspecified atom stereocenters. The zero-order chi connectivity index (χ0) is 10.7. The van der Waals surface area contributed by atoms with Crippen molar-refractivity contribution in [1.29, 1.82) is 0 Å². The lowest BCUT2D eigenvalue weighted by Gasteiger charge is -2.04. The molecule has 3 nitrogen and oxygen atoms in total. The zero-order valence-corrected chi connectivity index (χ0v) is 8.24. The minimum Gasteiger partial charge on any atom is -0.340 e. The van der Waals surface area contributed by atoms with Crippen molar-refractivity contribution in [3.63, 3.8) is 0 Å². The maximum Gasteiger partial charge on any atom is 0.133 e. The average molecular weight is 203 g/mol. The minimum atomic E-state index is -0.251. The van der Waals surface area contributed by atoms with Gasteiger partial charge < -0.3 is 5.32 Å². The van der Waals surface area contributed by atoms with E-state index < -0.39 is 0 Å². The van der Waals surface area contributed by atoms with Gasteiger partial charge in [-0.15, -0.1) is 0 Å². The van der Waals surface area contributed by atoms with Crippen molar-refractivity contribution >= 4 is 11.5 Å². The third kappa shape index (κ3) is 2.49. The molecular weight excluding hydrogens is 193 g/mol. The summed E-state index contributed by atoms with van der Waals surface area (Å²) in [6.07, 6.45) is 1.49. The van der Waals surface area contributed by atoms with E-state index >= 15 is 0 Å². The minimum absolute atomic E-state index is 0.251. The van der Waals surface area contributed by atoms with Crippen molar-refractivity contribution in [3.8, 4) is 0 Å². The number of halogens is 1. The number of nitrogens with zero attached hydrogens (tertiary/aromatic N) is 2. The second-order valence-electron chi connectivity index (χ2n) is 3.18. The van der Waals surface area contributed by atoms with Crippen molar-refractivity contribution in [3.05, 3.63) is 48.2 Å². The molecule has 0 bridgehead atoms. The highest BCUT2D eigenvalue weighted by molar-refractivity contribution is 5.55. The lowest BCUT2D eigenvalue weighted by molar-refractivity contribution is 0.628. The van der Waals surface area contributed by atoms with Crippen LogP contribution in [0.25, 0.3) is 0 Å². The Bertz CT molecular complexity index is 454. The van der Waals surface area contributed by atoms with Crippen LogP contribution in [-0.2, 0) is 0 Å². The first-order valence-electron chi connectivity index (χ1n) is 4.55. The van der Waals surface area contributed by atoms with Gasteiger partial charge in [0.1, 0.15) is 18.0 Å². The Labute approximate surface area is 87.0 Å². The summed E-state index contributed by atoms with van der Waals surface area (Å²) in [7, 11) is 0. The molecular formula is C11H10FN3. The summed E-state index contributed by atoms with van der Waals surface area (Å²) in [5.74, 6) is 0.452. The molecule has 0 radical (unpaired) electrons. The summed E-state index contributed by atoms with van der Waals surface area (Å²) in [4.78, 5) is 8.03. The van der Waals surface area contributed by atoms with E-state index in [1.165, 1.54) is 18.5 Å². The molecule has 1 N–H and O–H groups in total. The Kier molecular flexibility index (Phi) is 2.58. The summed E-state index contributed by atoms with van der Waals surface area (Å²) >= 11 is 0. The van der Waals surface area contributed by atoms with Crippen LogP contribution in [0.1, 0.15) is 5.69 Å². The van der Waals surface area contributed by atoms with Crippen LogP contribution in [0.3, 0.4) is 0 Å². The van der Waals surface area contributed by atoms with Gasteiger partial charge >= 0.3 is 0 Å². The fourth-order valence-electron chi connectivity index (χ4n) is 1.20. The number of hydrogen-bond donors (Lipinski definition) is 1. The van der Waals surface area contributed by atoms with Crippen molar-refractivity contribution < 1.29 is 4.39 Å². The number of nitrogens with one attached hydrogen (secondary N) is 1. The van der Waals surface area contributed by atoms with Gasteiger partial charge in [0, 0.05) is 17.4 Å². The molecule has 15 heavy (non-hydrogen) atoms. The Morgan fingerprint density at radius 1 is 1.13 bits per heavy atom. The van der Waals surface area contributed by atoms with E-state index in [0.29, 0.717) is 5.82 Å². The first-order chi connectivity index (χ1) is 7.24. The van der Waals surface area contributed by atoms with Crippen molar-refractivity contribution in [2.75, 3.05) is 5.32 Å². The smallest absolute Gasteiger partial charge is 0.133 e. The molecule has 76 valence electrons. The van der Waals surface area contributed by atoms with E-state index in [2.05, 4.69) is 15.3 Å². The first-order valence-corrected chi connectivity index (χ1v) is 4.55. The van der Waals surface area contributed by atoms with Gasteiger partial charge in [0.2, 0.25) is 0 Å². The molecule has 4 heteroatoms. The molecule has 0 fully saturated rings. The number of rotatable bonds is 2. The van der Waals surface area contributed by atoms with Crippen molar-refractivity contribution in [2.24, 2.45) is 0 Å². The number of aromatic nitrogens is 2. The van der Waals surface area contributed by atoms with Crippen molar-refractivity contribution in [1.82, 2.24) is 9.97 Å². The zero-order valence-electron chi connectivity index (χ0n) is 8.24. The highest BCUT2D eigenvalue weighted by Gasteiger charge is 1.96. The van der Waals surface area contributed by atoms with Crippen LogP contribution in [0.15, 0.2) is 36.7 Å². The summed E-state index contributed by atoms with van der Waals surface area (Å²) < 4.78 is 12.6. The lowest BCUT2D eigenvalue weighted by atomic mass is 10.3. The fourth-order valence-corrected chi connectivity index (χ4v) is 1.20. The van der Waals surface area contributed by atoms with Crippen LogP contribution in [0.2, 0.25) is 0 Å². The Morgan fingerprint density at radius 2 is 1.87 bits per heavy atom. The van der Waals surface area contributed by atoms with E-state index in [-0.39, 0.29) is 5.82 Å². The second kappa shape index (κ2) is 4.04. The number of benzene rings is 1. The molecule has 1 aromatic carbocycles. The monoisotopic (exact) mass is 203 g/mol. The lowest BCUT2D eigenvalue weighted by Crippen LogP contribution is -1.95. The SMILES string of the molecule is Cc1cc(Nc2ccc(F)cc2)ncn1. The van der Waals surface area contributed by atoms with Crippen LogP contribution >= 0.6 is 0 Å². The fraction of sp³-hybridized carbons (Fsp3) is 0.0909. The average Bonchev–Trinajstić information content (AvgIpc) is 2.22. The van der Waals surface area contributed by atoms with Gasteiger partial charge in [0.25, 0.3) is 0 Å². The molecule has 1 aromatic heterocycles. The second-order valence-corrected chi connectivity index (χ2v) is 3.18. The third-order valence-corrected chi connectivity index (χ3v) is 1.92. The van der Waals surface area contributed by atoms with Crippen LogP contribution in [0.4, 0.5) is 15.9 Å². The first kappa shape index (κ1) is 9.58. The Balaban J connectivity index is 2.18. The van der Waals surface area contributed by atoms with Gasteiger partial charge in [-0.3, -0.25) is 0 Å². The molecule has 0 saturated carbocycles. The molecule has 0 amide bonds. The molecule has 1 heterocycles. The van der Waals surface area contributed by atoms with E-state index in [1.807, 2.05) is 13.0 Å². The molecule has 2 rings (SSSR count). The highest BCUT2D eigenvalue weighted by Crippen LogP contribution is 2.14. The maximum atomic E-state index is 12.6. The molecule has 2 aromatic rings. The van der Waals surface area contributed by atoms with Gasteiger partial charge in [-0.05, 0) is 31.2 Å². The van der Waals surface area contributed by atoms with E-state index in [4.69, 9.17) is 0 Å². The normalized spacial score (nSPS) is 10.0. The van der Waals surface area contributed by atoms with Gasteiger partial charge in [-0.1, -0.05) is 0 Å². The van der Waals surface area contributed by atoms with Gasteiger partial charge in [0.05, 0.1) is 0 Å². The van der Waals surface area contributed by atoms with Crippen LogP contribution < -0.4 is 5.32 Å². The Hall–Kier alpha value is -1.97. The van der Waals surface area contributed by atoms with E-state index in [0.717, 1.165) is 11.4 Å². The number of hydrogen-bond acceptors (Lipinski definition) is 3. The summed E-state index contributed by atoms with van der Waals surface area (Å²) in [6, 6.07) is 7.94. The molecule has 0 aliphatic carbocycles. The largest absolute Gasteiger partial charge is 0.340 e. The quantitative estimate of drug-likeness (QED) is 0.815. The highest BCUT2D eigenvalue weighted by atomic mass is 19.1. The van der Waals surface area contributed by atoms with Crippen LogP contribution in [0, 0.1) is 12.7 Å². The third-order valence-electron chi connectivity index (χ3n) is 1.92. The summed E-state index contributed by atoms with van der Waals surface area (Å²) in [5.41, 5.74) is 1.68. The summed E-state index contributed by atoms with van der Waals surface area (Å²) in [6.45, 7) is 1.89. The number of anilines is 2. The van der Waals surface area contributed by atoms with E-state index in [9.17, 15) is 4.39 Å². The standard InChI is InChI=1S/C11H10FN3/c1-8-6-11(14-7-13-8)15-10-4-2-9(12)3-5-10/h2-7H,1H3,(H,13,14,15). The molecule has 0 saturated heterocycles. The van der Waals surface area contributed by atoms with Crippen LogP contribution in [0.5, 0.6) is 0 Å². The maximum absolute atomic E-state index is 12.6. The molecule has 0 aliphatic heterocycles. The predicted molar refractivity (Wildman–Crippen MR) is 56.5 cm³/mol. The summed E-state index contributed by atoms with van der Waals surface area (Å²) in [5, 5.41) is 3.05. The number of aryl methyl sites for hydroxylation is 1. The van der Waals surface area contributed by atoms with Gasteiger partial charge in [-0.25, -0.2) is 14.4 Å². The van der Waals surface area contributed by atoms with Crippen molar-refractivity contribution in [2.45, 2.75) is 6.92 Å². The van der Waals surface area contributed by atoms with Crippen LogP contribution in [-0.4, -0.2) is 9.97 Å². The predicted octanol–water partition coefficient (Wildman–Crippen LogP) is 2.67. The molecule has 0 atom stereocenters. The Morgan fingerprint density at radius 3 is 2.53 bits per heavy atom.